The van der Waals surface area contributed by atoms with Gasteiger partial charge in [0, 0.05) is 18.3 Å². The molecule has 6 heteroatoms. The topological polar surface area (TPSA) is 66.9 Å². The van der Waals surface area contributed by atoms with Crippen molar-refractivity contribution in [3.05, 3.63) is 72.5 Å². The van der Waals surface area contributed by atoms with Crippen molar-refractivity contribution in [1.82, 2.24) is 15.3 Å². The number of fused-ring (bicyclic) bond motifs is 1. The van der Waals surface area contributed by atoms with Crippen molar-refractivity contribution < 1.29 is 4.79 Å². The highest BCUT2D eigenvalue weighted by molar-refractivity contribution is 7.22. The number of allylic oxidation sites excluding steroid dienone is 5. The van der Waals surface area contributed by atoms with E-state index in [2.05, 4.69) is 52.3 Å². The number of thiazole rings is 1. The third kappa shape index (κ3) is 4.60. The molecule has 0 saturated carbocycles. The largest absolute Gasteiger partial charge is 0.338 e. The Hall–Kier alpha value is -3.25. The fourth-order valence-electron chi connectivity index (χ4n) is 3.14. The molecule has 2 amide bonds. The number of hydrogen-bond acceptors (Lipinski definition) is 4. The average molecular weight is 405 g/mol. The van der Waals surface area contributed by atoms with Crippen LogP contribution in [-0.4, -0.2) is 22.5 Å². The van der Waals surface area contributed by atoms with Gasteiger partial charge in [-0.15, -0.1) is 0 Å². The Morgan fingerprint density at radius 1 is 1.31 bits per heavy atom. The summed E-state index contributed by atoms with van der Waals surface area (Å²) in [5.41, 5.74) is 5.95. The lowest BCUT2D eigenvalue weighted by Crippen LogP contribution is -2.28. The maximum Gasteiger partial charge on any atom is 0.321 e. The maximum atomic E-state index is 11.9. The Morgan fingerprint density at radius 2 is 2.14 bits per heavy atom. The summed E-state index contributed by atoms with van der Waals surface area (Å²) in [7, 11) is 0. The van der Waals surface area contributed by atoms with Crippen molar-refractivity contribution in [1.29, 1.82) is 0 Å². The van der Waals surface area contributed by atoms with Gasteiger partial charge in [0.15, 0.2) is 5.13 Å². The van der Waals surface area contributed by atoms with E-state index in [1.165, 1.54) is 11.3 Å². The number of nitrogens with zero attached hydrogens (tertiary/aromatic N) is 2. The number of aromatic nitrogens is 2. The van der Waals surface area contributed by atoms with Crippen LogP contribution in [0.5, 0.6) is 0 Å². The Labute approximate surface area is 174 Å². The molecule has 1 aromatic carbocycles. The molecule has 5 nitrogen and oxygen atoms in total. The minimum atomic E-state index is -0.259. The van der Waals surface area contributed by atoms with Gasteiger partial charge < -0.3 is 5.32 Å². The summed E-state index contributed by atoms with van der Waals surface area (Å²) in [4.78, 5) is 21.1. The normalized spacial score (nSPS) is 12.1. The molecule has 0 saturated heterocycles. The Balaban J connectivity index is 2.18. The van der Waals surface area contributed by atoms with Gasteiger partial charge >= 0.3 is 6.03 Å². The molecule has 148 valence electrons. The minimum Gasteiger partial charge on any atom is -0.338 e. The van der Waals surface area contributed by atoms with Gasteiger partial charge in [0.2, 0.25) is 0 Å². The lowest BCUT2D eigenvalue weighted by atomic mass is 9.95. The lowest BCUT2D eigenvalue weighted by molar-refractivity contribution is 0.252. The lowest BCUT2D eigenvalue weighted by Gasteiger charge is -2.11. The number of urea groups is 1. The van der Waals surface area contributed by atoms with Gasteiger partial charge in [-0.1, -0.05) is 42.2 Å². The molecule has 2 N–H and O–H groups in total. The van der Waals surface area contributed by atoms with E-state index in [1.807, 2.05) is 38.1 Å². The van der Waals surface area contributed by atoms with E-state index in [9.17, 15) is 4.79 Å². The van der Waals surface area contributed by atoms with E-state index < -0.39 is 0 Å². The molecule has 29 heavy (non-hydrogen) atoms. The summed E-state index contributed by atoms with van der Waals surface area (Å²) >= 11 is 1.45. The molecule has 3 rings (SSSR count). The quantitative estimate of drug-likeness (QED) is 0.493. The van der Waals surface area contributed by atoms with E-state index in [1.54, 1.807) is 12.3 Å². The maximum absolute atomic E-state index is 11.9. The Bertz CT molecular complexity index is 1100. The summed E-state index contributed by atoms with van der Waals surface area (Å²) in [5, 5.41) is 6.10. The predicted octanol–water partition coefficient (Wildman–Crippen LogP) is 6.04. The molecule has 0 aliphatic heterocycles. The Kier molecular flexibility index (Phi) is 6.57. The fourth-order valence-corrected chi connectivity index (χ4v) is 4.11. The highest BCUT2D eigenvalue weighted by Gasteiger charge is 2.16. The molecule has 0 aliphatic rings. The van der Waals surface area contributed by atoms with E-state index in [0.29, 0.717) is 11.7 Å². The number of benzene rings is 1. The second-order valence-corrected chi connectivity index (χ2v) is 7.38. The monoisotopic (exact) mass is 404 g/mol. The van der Waals surface area contributed by atoms with Crippen LogP contribution in [0.2, 0.25) is 0 Å². The van der Waals surface area contributed by atoms with Crippen molar-refractivity contribution >= 4 is 38.3 Å². The standard InChI is InChI=1S/C23H24N4OS/c1-5-10-15(4)17(6-2)16-13-18(19-11-8-9-12-25-19)21-20(14-16)26-23(29-21)27-22(28)24-7-3/h5-6,8-14H,1,7H2,2-4H3,(H2,24,26,27,28)/b15-10-,17-6+. The summed E-state index contributed by atoms with van der Waals surface area (Å²) in [6, 6.07) is 9.77. The number of amides is 2. The number of carbonyl (C=O) groups excluding carboxylic acids is 1. The van der Waals surface area contributed by atoms with Crippen LogP contribution in [0.4, 0.5) is 9.93 Å². The molecule has 2 aromatic heterocycles. The minimum absolute atomic E-state index is 0.259. The van der Waals surface area contributed by atoms with Crippen LogP contribution in [0.25, 0.3) is 27.0 Å². The zero-order valence-electron chi connectivity index (χ0n) is 16.8. The van der Waals surface area contributed by atoms with E-state index in [0.717, 1.165) is 38.2 Å². The van der Waals surface area contributed by atoms with Crippen molar-refractivity contribution in [2.45, 2.75) is 20.8 Å². The first-order valence-electron chi connectivity index (χ1n) is 9.44. The molecule has 3 aromatic rings. The van der Waals surface area contributed by atoms with E-state index >= 15 is 0 Å². The summed E-state index contributed by atoms with van der Waals surface area (Å²) in [6.45, 7) is 10.3. The molecular weight excluding hydrogens is 380 g/mol. The van der Waals surface area contributed by atoms with Crippen LogP contribution in [-0.2, 0) is 0 Å². The van der Waals surface area contributed by atoms with Crippen LogP contribution in [0.3, 0.4) is 0 Å². The first-order chi connectivity index (χ1) is 14.1. The predicted molar refractivity (Wildman–Crippen MR) is 123 cm³/mol. The molecule has 0 unspecified atom stereocenters. The van der Waals surface area contributed by atoms with Gasteiger partial charge in [0.05, 0.1) is 15.9 Å². The molecule has 0 aliphatic carbocycles. The third-order valence-electron chi connectivity index (χ3n) is 4.38. The number of carbonyl (C=O) groups is 1. The van der Waals surface area contributed by atoms with Crippen molar-refractivity contribution in [2.75, 3.05) is 11.9 Å². The van der Waals surface area contributed by atoms with Gasteiger partial charge in [0.25, 0.3) is 0 Å². The highest BCUT2D eigenvalue weighted by atomic mass is 32.1. The fraction of sp³-hybridized carbons (Fsp3) is 0.174. The molecule has 2 heterocycles. The molecule has 0 bridgehead atoms. The molecule has 0 radical (unpaired) electrons. The number of anilines is 1. The Morgan fingerprint density at radius 3 is 2.79 bits per heavy atom. The smallest absolute Gasteiger partial charge is 0.321 e. The zero-order chi connectivity index (χ0) is 20.8. The van der Waals surface area contributed by atoms with Crippen LogP contribution in [0.1, 0.15) is 26.3 Å². The first kappa shape index (κ1) is 20.5. The third-order valence-corrected chi connectivity index (χ3v) is 5.40. The molecular formula is C23H24N4OS. The number of nitrogens with one attached hydrogen (secondary N) is 2. The SMILES string of the molecule is C=C/C=C(C)\C(=C/C)c1cc(-c2ccccn2)c2sc(NC(=O)NCC)nc2c1. The van der Waals surface area contributed by atoms with Crippen molar-refractivity contribution in [2.24, 2.45) is 0 Å². The summed E-state index contributed by atoms with van der Waals surface area (Å²) in [6.07, 6.45) is 7.64. The first-order valence-corrected chi connectivity index (χ1v) is 10.3. The number of pyridine rings is 1. The zero-order valence-corrected chi connectivity index (χ0v) is 17.6. The number of hydrogen-bond donors (Lipinski definition) is 2. The molecule has 0 atom stereocenters. The van der Waals surface area contributed by atoms with Crippen molar-refractivity contribution in [3.63, 3.8) is 0 Å². The number of rotatable bonds is 6. The van der Waals surface area contributed by atoms with Gasteiger partial charge in [-0.3, -0.25) is 10.3 Å². The van der Waals surface area contributed by atoms with E-state index in [4.69, 9.17) is 0 Å². The second-order valence-electron chi connectivity index (χ2n) is 6.38. The van der Waals surface area contributed by atoms with Crippen molar-refractivity contribution in [3.8, 4) is 11.3 Å². The van der Waals surface area contributed by atoms with Crippen LogP contribution in [0.15, 0.2) is 66.9 Å². The second kappa shape index (κ2) is 9.30. The summed E-state index contributed by atoms with van der Waals surface area (Å²) < 4.78 is 0.986. The van der Waals surface area contributed by atoms with Crippen LogP contribution < -0.4 is 10.6 Å². The van der Waals surface area contributed by atoms with Crippen LogP contribution in [0, 0.1) is 0 Å². The molecule has 0 fully saturated rings. The molecule has 0 spiro atoms. The summed E-state index contributed by atoms with van der Waals surface area (Å²) in [5.74, 6) is 0. The van der Waals surface area contributed by atoms with Crippen LogP contribution >= 0.6 is 11.3 Å². The van der Waals surface area contributed by atoms with Gasteiger partial charge in [-0.25, -0.2) is 9.78 Å². The highest BCUT2D eigenvalue weighted by Crippen LogP contribution is 2.38. The van der Waals surface area contributed by atoms with Gasteiger partial charge in [-0.2, -0.15) is 0 Å². The average Bonchev–Trinajstić information content (AvgIpc) is 3.11. The van der Waals surface area contributed by atoms with E-state index in [-0.39, 0.29) is 6.03 Å². The van der Waals surface area contributed by atoms with Gasteiger partial charge in [0.1, 0.15) is 0 Å². The van der Waals surface area contributed by atoms with Gasteiger partial charge in [-0.05, 0) is 61.7 Å².